The van der Waals surface area contributed by atoms with E-state index in [1.54, 1.807) is 0 Å². The molecule has 26 heavy (non-hydrogen) atoms. The molecule has 0 amide bonds. The van der Waals surface area contributed by atoms with Crippen molar-refractivity contribution in [3.05, 3.63) is 0 Å². The van der Waals surface area contributed by atoms with Gasteiger partial charge in [0.2, 0.25) is 0 Å². The number of carbonyl (C=O) groups is 1. The summed E-state index contributed by atoms with van der Waals surface area (Å²) < 4.78 is 10.4. The smallest absolute Gasteiger partial charge is 0.303 e. The Balaban J connectivity index is 6.20. The predicted octanol–water partition coefficient (Wildman–Crippen LogP) is 4.97. The van der Waals surface area contributed by atoms with Crippen molar-refractivity contribution in [2.75, 3.05) is 0 Å². The summed E-state index contributed by atoms with van der Waals surface area (Å²) in [5, 5.41) is 10.4. The maximum Gasteiger partial charge on any atom is 0.303 e. The van der Waals surface area contributed by atoms with Gasteiger partial charge in [-0.3, -0.25) is 14.1 Å². The Hall–Kier alpha value is -0.260. The molecule has 2 unspecified atom stereocenters. The third-order valence-electron chi connectivity index (χ3n) is 4.29. The van der Waals surface area contributed by atoms with Crippen LogP contribution >= 0.6 is 17.5 Å². The first kappa shape index (κ1) is 25.7. The Morgan fingerprint density at radius 2 is 1.19 bits per heavy atom. The third kappa shape index (κ3) is 6.72. The Kier molecular flexibility index (Phi) is 10.2. The number of ether oxygens (including phenoxy) is 1. The topological polar surface area (TPSA) is 56.6 Å². The van der Waals surface area contributed by atoms with Crippen molar-refractivity contribution in [2.45, 2.75) is 111 Å². The molecule has 0 heterocycles. The van der Waals surface area contributed by atoms with Crippen molar-refractivity contribution in [1.29, 1.82) is 5.26 Å². The SMILES string of the molecule is CC(=O)OC(C)(C)C(C#N)(PN(C(C)C)C(C)C)PN(C(C)C)C(C)C. The molecular formula is C19H39N3O2P2. The van der Waals surface area contributed by atoms with Crippen molar-refractivity contribution < 1.29 is 9.53 Å². The van der Waals surface area contributed by atoms with Crippen LogP contribution in [0.4, 0.5) is 0 Å². The number of nitriles is 1. The van der Waals surface area contributed by atoms with Crippen LogP contribution < -0.4 is 0 Å². The van der Waals surface area contributed by atoms with Gasteiger partial charge in [-0.05, 0) is 86.7 Å². The van der Waals surface area contributed by atoms with E-state index in [1.165, 1.54) is 6.92 Å². The molecule has 0 aromatic heterocycles. The van der Waals surface area contributed by atoms with Gasteiger partial charge in [-0.1, -0.05) is 0 Å². The molecule has 0 aliphatic rings. The monoisotopic (exact) mass is 403 g/mol. The lowest BCUT2D eigenvalue weighted by atomic mass is 10.1. The molecule has 0 rings (SSSR count). The molecule has 0 bridgehead atoms. The van der Waals surface area contributed by atoms with Crippen LogP contribution in [-0.2, 0) is 9.53 Å². The zero-order valence-electron chi connectivity index (χ0n) is 18.5. The van der Waals surface area contributed by atoms with Gasteiger partial charge >= 0.3 is 5.97 Å². The van der Waals surface area contributed by atoms with E-state index in [1.807, 2.05) is 13.8 Å². The molecule has 0 radical (unpaired) electrons. The van der Waals surface area contributed by atoms with Gasteiger partial charge in [0.25, 0.3) is 0 Å². The van der Waals surface area contributed by atoms with Gasteiger partial charge in [0, 0.05) is 31.1 Å². The van der Waals surface area contributed by atoms with Gasteiger partial charge in [-0.2, -0.15) is 5.26 Å². The quantitative estimate of drug-likeness (QED) is 0.381. The summed E-state index contributed by atoms with van der Waals surface area (Å²) in [7, 11) is 0.480. The second-order valence-corrected chi connectivity index (χ2v) is 11.9. The average Bonchev–Trinajstić information content (AvgIpc) is 2.44. The first-order valence-corrected chi connectivity index (χ1v) is 11.3. The van der Waals surface area contributed by atoms with E-state index in [0.717, 1.165) is 0 Å². The van der Waals surface area contributed by atoms with Crippen LogP contribution in [0.3, 0.4) is 0 Å². The highest BCUT2D eigenvalue weighted by Gasteiger charge is 2.52. The van der Waals surface area contributed by atoms with E-state index in [4.69, 9.17) is 4.74 Å². The lowest BCUT2D eigenvalue weighted by molar-refractivity contribution is -0.153. The largest absolute Gasteiger partial charge is 0.457 e. The lowest BCUT2D eigenvalue weighted by Crippen LogP contribution is -2.51. The minimum absolute atomic E-state index is 0.240. The van der Waals surface area contributed by atoms with Crippen molar-refractivity contribution in [2.24, 2.45) is 0 Å². The summed E-state index contributed by atoms with van der Waals surface area (Å²) in [4.78, 5) is 11.0. The number of hydrogen-bond acceptors (Lipinski definition) is 5. The summed E-state index contributed by atoms with van der Waals surface area (Å²) in [5.41, 5.74) is -0.880. The fourth-order valence-electron chi connectivity index (χ4n) is 3.01. The molecular weight excluding hydrogens is 364 g/mol. The van der Waals surface area contributed by atoms with E-state index in [9.17, 15) is 10.1 Å². The maximum atomic E-state index is 11.8. The summed E-state index contributed by atoms with van der Waals surface area (Å²) in [5.74, 6) is -0.342. The normalized spacial score (nSPS) is 16.2. The highest BCUT2D eigenvalue weighted by molar-refractivity contribution is 7.57. The van der Waals surface area contributed by atoms with Crippen molar-refractivity contribution >= 4 is 23.4 Å². The fourth-order valence-corrected chi connectivity index (χ4v) is 6.53. The van der Waals surface area contributed by atoms with Crippen molar-refractivity contribution in [3.8, 4) is 6.07 Å². The molecule has 0 aliphatic carbocycles. The van der Waals surface area contributed by atoms with Gasteiger partial charge in [0.15, 0.2) is 4.90 Å². The minimum Gasteiger partial charge on any atom is -0.457 e. The summed E-state index contributed by atoms with van der Waals surface area (Å²) in [6.07, 6.45) is 0. The molecule has 7 heteroatoms. The number of rotatable bonds is 10. The number of hydrogen-bond donors (Lipinski definition) is 0. The third-order valence-corrected chi connectivity index (χ3v) is 9.64. The van der Waals surface area contributed by atoms with E-state index < -0.39 is 10.5 Å². The van der Waals surface area contributed by atoms with Crippen LogP contribution in [0.25, 0.3) is 0 Å². The average molecular weight is 403 g/mol. The summed E-state index contributed by atoms with van der Waals surface area (Å²) >= 11 is 0. The van der Waals surface area contributed by atoms with E-state index in [2.05, 4.69) is 70.8 Å². The Labute approximate surface area is 164 Å². The summed E-state index contributed by atoms with van der Waals surface area (Å²) in [6.45, 7) is 22.4. The highest BCUT2D eigenvalue weighted by Crippen LogP contribution is 2.58. The van der Waals surface area contributed by atoms with Crippen molar-refractivity contribution in [3.63, 3.8) is 0 Å². The first-order valence-electron chi connectivity index (χ1n) is 9.43. The molecule has 152 valence electrons. The molecule has 0 aromatic carbocycles. The molecule has 0 saturated heterocycles. The van der Waals surface area contributed by atoms with Crippen LogP contribution in [0.5, 0.6) is 0 Å². The number of esters is 1. The summed E-state index contributed by atoms with van der Waals surface area (Å²) in [6, 6.07) is 3.85. The molecule has 2 atom stereocenters. The van der Waals surface area contributed by atoms with Crippen LogP contribution in [0.1, 0.15) is 76.2 Å². The first-order chi connectivity index (χ1) is 11.7. The molecule has 5 nitrogen and oxygen atoms in total. The Bertz CT molecular complexity index is 462. The highest BCUT2D eigenvalue weighted by atomic mass is 31.1. The fraction of sp³-hybridized carbons (Fsp3) is 0.895. The van der Waals surface area contributed by atoms with Crippen LogP contribution in [-0.4, -0.2) is 50.0 Å². The molecule has 0 N–H and O–H groups in total. The van der Waals surface area contributed by atoms with Gasteiger partial charge in [0.1, 0.15) is 5.60 Å². The maximum absolute atomic E-state index is 11.8. The molecule has 0 fully saturated rings. The second-order valence-electron chi connectivity index (χ2n) is 8.38. The Morgan fingerprint density at radius 1 is 0.885 bits per heavy atom. The van der Waals surface area contributed by atoms with Gasteiger partial charge < -0.3 is 4.74 Å². The number of carbonyl (C=O) groups excluding carboxylic acids is 1. The van der Waals surface area contributed by atoms with Crippen LogP contribution in [0.2, 0.25) is 0 Å². The number of nitrogens with zero attached hydrogens (tertiary/aromatic N) is 3. The van der Waals surface area contributed by atoms with E-state index in [-0.39, 0.29) is 23.4 Å². The van der Waals surface area contributed by atoms with Gasteiger partial charge in [-0.15, -0.1) is 0 Å². The predicted molar refractivity (Wildman–Crippen MR) is 115 cm³/mol. The second kappa shape index (κ2) is 10.3. The standard InChI is InChI=1S/C19H39N3O2P2/c1-13(2)21(14(3)4)25-19(12-20,18(10,11)24-17(9)23)26-22(15(5)6)16(7)8/h13-16,25-26H,1-11H3. The molecule has 0 aliphatic heterocycles. The van der Waals surface area contributed by atoms with Gasteiger partial charge in [0.05, 0.1) is 6.07 Å². The Morgan fingerprint density at radius 3 is 1.38 bits per heavy atom. The lowest BCUT2D eigenvalue weighted by Gasteiger charge is -2.48. The minimum atomic E-state index is -0.880. The van der Waals surface area contributed by atoms with E-state index in [0.29, 0.717) is 24.2 Å². The van der Waals surface area contributed by atoms with E-state index >= 15 is 0 Å². The zero-order chi connectivity index (χ0) is 20.9. The zero-order valence-corrected chi connectivity index (χ0v) is 20.5. The van der Waals surface area contributed by atoms with Crippen molar-refractivity contribution in [1.82, 2.24) is 9.34 Å². The molecule has 0 spiro atoms. The molecule has 0 aromatic rings. The van der Waals surface area contributed by atoms with Gasteiger partial charge in [-0.25, -0.2) is 0 Å². The van der Waals surface area contributed by atoms with Crippen LogP contribution in [0.15, 0.2) is 0 Å². The molecule has 0 saturated carbocycles. The van der Waals surface area contributed by atoms with Crippen LogP contribution in [0, 0.1) is 11.3 Å².